The molecule has 0 bridgehead atoms. The summed E-state index contributed by atoms with van der Waals surface area (Å²) >= 11 is -3.02. The van der Waals surface area contributed by atoms with Gasteiger partial charge in [-0.3, -0.25) is 0 Å². The van der Waals surface area contributed by atoms with Gasteiger partial charge in [-0.1, -0.05) is 0 Å². The van der Waals surface area contributed by atoms with E-state index in [1.807, 2.05) is 24.3 Å². The summed E-state index contributed by atoms with van der Waals surface area (Å²) in [7, 11) is 1.66. The van der Waals surface area contributed by atoms with Crippen molar-refractivity contribution in [2.24, 2.45) is 0 Å². The van der Waals surface area contributed by atoms with Gasteiger partial charge in [-0.2, -0.15) is 0 Å². The monoisotopic (exact) mass is 402 g/mol. The first kappa shape index (κ1) is 17.1. The van der Waals surface area contributed by atoms with Gasteiger partial charge in [0, 0.05) is 0 Å². The minimum absolute atomic E-state index is 0.361. The van der Waals surface area contributed by atoms with Gasteiger partial charge in [0.05, 0.1) is 0 Å². The van der Waals surface area contributed by atoms with E-state index in [0.29, 0.717) is 0 Å². The third kappa shape index (κ3) is 4.58. The number of benzene rings is 1. The molecule has 1 aliphatic rings. The summed E-state index contributed by atoms with van der Waals surface area (Å²) in [6.45, 7) is 4.41. The van der Waals surface area contributed by atoms with Gasteiger partial charge in [0.25, 0.3) is 0 Å². The van der Waals surface area contributed by atoms with Gasteiger partial charge in [0.1, 0.15) is 0 Å². The maximum absolute atomic E-state index is 6.34. The molecule has 1 heterocycles. The Balaban J connectivity index is 2.03. The number of hydrogen-bond acceptors (Lipinski definition) is 4. The van der Waals surface area contributed by atoms with Crippen molar-refractivity contribution in [1.29, 1.82) is 0 Å². The normalized spacial score (nSPS) is 20.6. The molecule has 1 aromatic carbocycles. The van der Waals surface area contributed by atoms with Crippen molar-refractivity contribution in [2.75, 3.05) is 7.11 Å². The molecule has 1 aliphatic heterocycles. The van der Waals surface area contributed by atoms with E-state index in [1.165, 1.54) is 25.7 Å². The van der Waals surface area contributed by atoms with E-state index in [2.05, 4.69) is 13.8 Å². The van der Waals surface area contributed by atoms with Gasteiger partial charge in [0.2, 0.25) is 0 Å². The second-order valence-corrected chi connectivity index (χ2v) is 14.7. The quantitative estimate of drug-likeness (QED) is 0.467. The third-order valence-electron chi connectivity index (χ3n) is 3.82. The molecule has 5 heteroatoms. The van der Waals surface area contributed by atoms with Crippen molar-refractivity contribution in [3.05, 3.63) is 29.8 Å². The van der Waals surface area contributed by atoms with Crippen LogP contribution in [0.2, 0.25) is 8.87 Å². The molecule has 0 unspecified atom stereocenters. The van der Waals surface area contributed by atoms with Gasteiger partial charge >= 0.3 is 133 Å². The molecular weight excluding hydrogens is 375 g/mol. The Morgan fingerprint density at radius 1 is 1.05 bits per heavy atom. The first-order valence-electron chi connectivity index (χ1n) is 7.89. The van der Waals surface area contributed by atoms with Crippen LogP contribution in [0.3, 0.4) is 0 Å². The molecule has 4 nitrogen and oxygen atoms in total. The third-order valence-corrected chi connectivity index (χ3v) is 13.2. The van der Waals surface area contributed by atoms with Crippen LogP contribution in [0.15, 0.2) is 24.3 Å². The van der Waals surface area contributed by atoms with Crippen molar-refractivity contribution >= 4 is 19.2 Å². The van der Waals surface area contributed by atoms with E-state index in [-0.39, 0.29) is 6.29 Å². The predicted molar refractivity (Wildman–Crippen MR) is 84.2 cm³/mol. The average molecular weight is 401 g/mol. The number of methoxy groups -OCH3 is 1. The van der Waals surface area contributed by atoms with E-state index in [0.717, 1.165) is 20.2 Å². The number of ether oxygens (including phenoxy) is 1. The van der Waals surface area contributed by atoms with Crippen LogP contribution in [-0.2, 0) is 11.2 Å². The second kappa shape index (κ2) is 8.36. The Labute approximate surface area is 132 Å². The molecule has 1 aromatic rings. The van der Waals surface area contributed by atoms with Crippen molar-refractivity contribution in [3.8, 4) is 5.75 Å². The van der Waals surface area contributed by atoms with Gasteiger partial charge in [0.15, 0.2) is 0 Å². The first-order chi connectivity index (χ1) is 10.2. The van der Waals surface area contributed by atoms with E-state index in [4.69, 9.17) is 15.9 Å². The van der Waals surface area contributed by atoms with Crippen LogP contribution < -0.4 is 4.74 Å². The number of hydrogen-bond donors (Lipinski definition) is 0. The molecule has 0 aromatic heterocycles. The van der Waals surface area contributed by atoms with Crippen LogP contribution >= 0.6 is 0 Å². The zero-order chi connectivity index (χ0) is 15.1. The first-order valence-corrected chi connectivity index (χ1v) is 14.3. The van der Waals surface area contributed by atoms with Gasteiger partial charge in [-0.15, -0.1) is 0 Å². The van der Waals surface area contributed by atoms with Crippen LogP contribution in [0.1, 0.15) is 51.4 Å². The molecule has 1 atom stereocenters. The Hall–Kier alpha value is -0.301. The molecule has 0 spiro atoms. The summed E-state index contributed by atoms with van der Waals surface area (Å²) in [4.78, 5) is 5.55. The molecule has 1 fully saturated rings. The summed E-state index contributed by atoms with van der Waals surface area (Å²) in [6, 6.07) is 7.81. The molecule has 21 heavy (non-hydrogen) atoms. The molecule has 118 valence electrons. The van der Waals surface area contributed by atoms with Crippen molar-refractivity contribution in [1.82, 2.24) is 0 Å². The van der Waals surface area contributed by atoms with Gasteiger partial charge < -0.3 is 0 Å². The topological polar surface area (TPSA) is 36.9 Å². The van der Waals surface area contributed by atoms with E-state index in [1.54, 1.807) is 7.11 Å². The summed E-state index contributed by atoms with van der Waals surface area (Å²) in [5, 5.41) is 0. The molecule has 0 amide bonds. The van der Waals surface area contributed by atoms with E-state index >= 15 is 0 Å². The maximum atomic E-state index is 6.34. The fourth-order valence-electron chi connectivity index (χ4n) is 2.47. The van der Waals surface area contributed by atoms with Gasteiger partial charge in [-0.05, 0) is 0 Å². The molecule has 0 aliphatic carbocycles. The number of unbranched alkanes of at least 4 members (excludes halogenated alkanes) is 2. The summed E-state index contributed by atoms with van der Waals surface area (Å²) in [5.74, 6) is 0.837. The molecule has 0 N–H and O–H groups in total. The van der Waals surface area contributed by atoms with Crippen LogP contribution in [0.25, 0.3) is 0 Å². The van der Waals surface area contributed by atoms with Crippen LogP contribution in [0.4, 0.5) is 0 Å². The van der Waals surface area contributed by atoms with Crippen molar-refractivity contribution in [2.45, 2.75) is 54.7 Å². The van der Waals surface area contributed by atoms with Crippen molar-refractivity contribution in [3.63, 3.8) is 0 Å². The second-order valence-electron chi connectivity index (χ2n) is 5.52. The molecule has 0 radical (unpaired) electrons. The van der Waals surface area contributed by atoms with Crippen molar-refractivity contribution < 1.29 is 15.9 Å². The fourth-order valence-corrected chi connectivity index (χ4v) is 11.9. The van der Waals surface area contributed by atoms with Crippen LogP contribution in [-0.4, -0.2) is 26.3 Å². The summed E-state index contributed by atoms with van der Waals surface area (Å²) in [6.07, 6.45) is 4.31. The van der Waals surface area contributed by atoms with E-state index in [9.17, 15) is 0 Å². The SMILES string of the molecule is CCC[CH2][Sn]1([CH2]CCC)[O]O[C@@H](c2ccc(OC)cc2)[O]1. The number of rotatable bonds is 8. The summed E-state index contributed by atoms with van der Waals surface area (Å²) in [5.41, 5.74) is 1.00. The molecule has 2 rings (SSSR count). The standard InChI is InChI=1S/C8H9O4.2C4H9.Sn/c1-11-7-4-2-6(3-5-7)8(9)12-10;2*1-3-4-2;/h2-5,8,10H,1H3;2*1,3-4H2,2H3;/q-1;;;+2/p-1/t8-;;;/m0.../s1. The fraction of sp³-hybridized carbons (Fsp3) is 0.625. The minimum atomic E-state index is -3.02. The van der Waals surface area contributed by atoms with E-state index < -0.39 is 19.2 Å². The Bertz CT molecular complexity index is 413. The van der Waals surface area contributed by atoms with Gasteiger partial charge in [-0.25, -0.2) is 0 Å². The van der Waals surface area contributed by atoms with Crippen LogP contribution in [0.5, 0.6) is 5.75 Å². The summed E-state index contributed by atoms with van der Waals surface area (Å²) < 4.78 is 19.5. The Morgan fingerprint density at radius 2 is 1.67 bits per heavy atom. The molecular formula is C16H26O4Sn. The Kier molecular flexibility index (Phi) is 6.79. The molecule has 1 saturated heterocycles. The molecule has 0 saturated carbocycles. The zero-order valence-electron chi connectivity index (χ0n) is 13.3. The average Bonchev–Trinajstić information content (AvgIpc) is 2.96. The van der Waals surface area contributed by atoms with Crippen LogP contribution in [0, 0.1) is 0 Å². The zero-order valence-corrected chi connectivity index (χ0v) is 16.1. The Morgan fingerprint density at radius 3 is 2.19 bits per heavy atom. The predicted octanol–water partition coefficient (Wildman–Crippen LogP) is 4.71.